The van der Waals surface area contributed by atoms with E-state index in [0.29, 0.717) is 5.92 Å². The molecule has 1 radical (unpaired) electrons. The molecule has 1 unspecified atom stereocenters. The van der Waals surface area contributed by atoms with Crippen LogP contribution in [0.15, 0.2) is 24.3 Å². The van der Waals surface area contributed by atoms with Gasteiger partial charge in [0, 0.05) is 0 Å². The molecule has 0 aliphatic carbocycles. The van der Waals surface area contributed by atoms with Crippen LogP contribution in [0.25, 0.3) is 0 Å². The molecular weight excluding hydrogens is 144 g/mol. The van der Waals surface area contributed by atoms with Crippen LogP contribution in [0.5, 0.6) is 0 Å². The zero-order valence-electron chi connectivity index (χ0n) is 8.17. The fourth-order valence-corrected chi connectivity index (χ4v) is 1.44. The number of hydrogen-bond donors (Lipinski definition) is 0. The predicted octanol–water partition coefficient (Wildman–Crippen LogP) is 3.77. The van der Waals surface area contributed by atoms with Gasteiger partial charge in [-0.1, -0.05) is 45.0 Å². The summed E-state index contributed by atoms with van der Waals surface area (Å²) < 4.78 is 0. The summed E-state index contributed by atoms with van der Waals surface area (Å²) in [5.41, 5.74) is 2.86. The van der Waals surface area contributed by atoms with Crippen molar-refractivity contribution in [3.63, 3.8) is 0 Å². The fourth-order valence-electron chi connectivity index (χ4n) is 1.44. The van der Waals surface area contributed by atoms with Crippen LogP contribution in [-0.4, -0.2) is 0 Å². The molecule has 0 amide bonds. The average molecular weight is 161 g/mol. The van der Waals surface area contributed by atoms with Crippen molar-refractivity contribution >= 4 is 0 Å². The lowest BCUT2D eigenvalue weighted by Gasteiger charge is -2.12. The Balaban J connectivity index is 2.96. The third-order valence-corrected chi connectivity index (χ3v) is 2.45. The molecule has 0 aliphatic heterocycles. The van der Waals surface area contributed by atoms with Gasteiger partial charge in [-0.15, -0.1) is 0 Å². The molecule has 0 heterocycles. The Bertz CT molecular complexity index is 238. The average Bonchev–Trinajstić information content (AvgIpc) is 2.16. The van der Waals surface area contributed by atoms with Crippen molar-refractivity contribution < 1.29 is 0 Å². The molecule has 0 saturated carbocycles. The van der Waals surface area contributed by atoms with Gasteiger partial charge in [-0.05, 0) is 29.9 Å². The van der Waals surface area contributed by atoms with E-state index in [2.05, 4.69) is 51.5 Å². The normalized spacial score (nSPS) is 12.9. The number of hydrogen-bond acceptors (Lipinski definition) is 0. The van der Waals surface area contributed by atoms with Crippen LogP contribution in [0.1, 0.15) is 44.2 Å². The highest BCUT2D eigenvalue weighted by atomic mass is 14.1. The van der Waals surface area contributed by atoms with Gasteiger partial charge in [-0.2, -0.15) is 0 Å². The van der Waals surface area contributed by atoms with Crippen molar-refractivity contribution in [2.75, 3.05) is 0 Å². The van der Waals surface area contributed by atoms with E-state index in [1.807, 2.05) is 0 Å². The lowest BCUT2D eigenvalue weighted by molar-refractivity contribution is 0.729. The van der Waals surface area contributed by atoms with Crippen LogP contribution in [0, 0.1) is 6.42 Å². The molecule has 0 aromatic heterocycles. The Morgan fingerprint density at radius 2 is 2.00 bits per heavy atom. The Morgan fingerprint density at radius 1 is 1.33 bits per heavy atom. The lowest BCUT2D eigenvalue weighted by atomic mass is 9.93. The highest BCUT2D eigenvalue weighted by Crippen LogP contribution is 2.23. The predicted molar refractivity (Wildman–Crippen MR) is 54.2 cm³/mol. The van der Waals surface area contributed by atoms with Crippen molar-refractivity contribution in [2.45, 2.75) is 33.1 Å². The topological polar surface area (TPSA) is 0 Å². The van der Waals surface area contributed by atoms with Crippen LogP contribution < -0.4 is 0 Å². The fraction of sp³-hybridized carbons (Fsp3) is 0.417. The van der Waals surface area contributed by atoms with E-state index in [1.165, 1.54) is 17.5 Å². The zero-order chi connectivity index (χ0) is 8.97. The van der Waals surface area contributed by atoms with Gasteiger partial charge in [0.15, 0.2) is 0 Å². The summed E-state index contributed by atoms with van der Waals surface area (Å²) in [5.74, 6) is 0.678. The first-order chi connectivity index (χ1) is 5.79. The highest BCUT2D eigenvalue weighted by Gasteiger charge is 2.05. The molecule has 0 aliphatic rings. The Morgan fingerprint density at radius 3 is 2.58 bits per heavy atom. The smallest absolute Gasteiger partial charge is 0.0121 e. The Kier molecular flexibility index (Phi) is 3.33. The minimum atomic E-state index is 0.678. The molecule has 1 aromatic carbocycles. The molecule has 1 atom stereocenters. The second kappa shape index (κ2) is 4.30. The molecule has 12 heavy (non-hydrogen) atoms. The second-order valence-electron chi connectivity index (χ2n) is 3.23. The van der Waals surface area contributed by atoms with E-state index >= 15 is 0 Å². The maximum atomic E-state index is 2.28. The SMILES string of the molecule is C[CH]c1ccccc1C(C)CC. The van der Waals surface area contributed by atoms with E-state index < -0.39 is 0 Å². The van der Waals surface area contributed by atoms with Gasteiger partial charge in [0.2, 0.25) is 0 Å². The summed E-state index contributed by atoms with van der Waals surface area (Å²) in [6.45, 7) is 6.61. The first kappa shape index (κ1) is 9.31. The van der Waals surface area contributed by atoms with Crippen molar-refractivity contribution in [1.29, 1.82) is 0 Å². The summed E-state index contributed by atoms with van der Waals surface area (Å²) >= 11 is 0. The summed E-state index contributed by atoms with van der Waals surface area (Å²) in [5, 5.41) is 0. The van der Waals surface area contributed by atoms with Crippen molar-refractivity contribution in [3.05, 3.63) is 41.8 Å². The molecule has 0 fully saturated rings. The third-order valence-electron chi connectivity index (χ3n) is 2.45. The molecule has 0 N–H and O–H groups in total. The Labute approximate surface area is 75.6 Å². The van der Waals surface area contributed by atoms with Crippen LogP contribution in [0.4, 0.5) is 0 Å². The molecule has 0 heteroatoms. The maximum absolute atomic E-state index is 2.28. The molecule has 0 nitrogen and oxygen atoms in total. The van der Waals surface area contributed by atoms with E-state index in [4.69, 9.17) is 0 Å². The molecule has 0 spiro atoms. The molecule has 0 bridgehead atoms. The van der Waals surface area contributed by atoms with Gasteiger partial charge in [0.1, 0.15) is 0 Å². The summed E-state index contributed by atoms with van der Waals surface area (Å²) in [6.07, 6.45) is 3.40. The zero-order valence-corrected chi connectivity index (χ0v) is 8.17. The molecule has 1 rings (SSSR count). The summed E-state index contributed by atoms with van der Waals surface area (Å²) in [7, 11) is 0. The van der Waals surface area contributed by atoms with E-state index in [1.54, 1.807) is 0 Å². The quantitative estimate of drug-likeness (QED) is 0.633. The molecule has 1 aromatic rings. The van der Waals surface area contributed by atoms with Gasteiger partial charge < -0.3 is 0 Å². The largest absolute Gasteiger partial charge is 0.0648 e. The molecule has 0 saturated heterocycles. The van der Waals surface area contributed by atoms with Crippen LogP contribution in [0.3, 0.4) is 0 Å². The van der Waals surface area contributed by atoms with Crippen molar-refractivity contribution in [1.82, 2.24) is 0 Å². The van der Waals surface area contributed by atoms with Crippen LogP contribution in [-0.2, 0) is 0 Å². The summed E-state index contributed by atoms with van der Waals surface area (Å²) in [6, 6.07) is 8.63. The minimum Gasteiger partial charge on any atom is -0.0648 e. The van der Waals surface area contributed by atoms with Crippen molar-refractivity contribution in [2.24, 2.45) is 0 Å². The van der Waals surface area contributed by atoms with Crippen molar-refractivity contribution in [3.8, 4) is 0 Å². The van der Waals surface area contributed by atoms with Gasteiger partial charge in [-0.3, -0.25) is 0 Å². The second-order valence-corrected chi connectivity index (χ2v) is 3.23. The number of rotatable bonds is 3. The van der Waals surface area contributed by atoms with Gasteiger partial charge in [0.25, 0.3) is 0 Å². The highest BCUT2D eigenvalue weighted by molar-refractivity contribution is 5.34. The molecule has 65 valence electrons. The first-order valence-electron chi connectivity index (χ1n) is 4.67. The van der Waals surface area contributed by atoms with Crippen LogP contribution >= 0.6 is 0 Å². The molecular formula is C12H17. The van der Waals surface area contributed by atoms with E-state index in [9.17, 15) is 0 Å². The third kappa shape index (κ3) is 1.88. The maximum Gasteiger partial charge on any atom is -0.0121 e. The monoisotopic (exact) mass is 161 g/mol. The standard InChI is InChI=1S/C12H17/c1-4-10(3)12-9-7-6-8-11(12)5-2/h5-10H,4H2,1-3H3. The Hall–Kier alpha value is -0.780. The van der Waals surface area contributed by atoms with Gasteiger partial charge in [0.05, 0.1) is 0 Å². The van der Waals surface area contributed by atoms with Gasteiger partial charge in [-0.25, -0.2) is 0 Å². The van der Waals surface area contributed by atoms with Crippen LogP contribution in [0.2, 0.25) is 0 Å². The lowest BCUT2D eigenvalue weighted by Crippen LogP contribution is -1.95. The van der Waals surface area contributed by atoms with Gasteiger partial charge >= 0.3 is 0 Å². The first-order valence-corrected chi connectivity index (χ1v) is 4.67. The minimum absolute atomic E-state index is 0.678. The van der Waals surface area contributed by atoms with E-state index in [-0.39, 0.29) is 0 Å². The number of benzene rings is 1. The van der Waals surface area contributed by atoms with E-state index in [0.717, 1.165) is 0 Å². The summed E-state index contributed by atoms with van der Waals surface area (Å²) in [4.78, 5) is 0.